The van der Waals surface area contributed by atoms with Gasteiger partial charge in [-0.05, 0) is 24.3 Å². The van der Waals surface area contributed by atoms with Gasteiger partial charge in [-0.25, -0.2) is 9.37 Å². The molecule has 0 atom stereocenters. The highest BCUT2D eigenvalue weighted by Crippen LogP contribution is 2.24. The monoisotopic (exact) mass is 240 g/mol. The minimum absolute atomic E-state index is 0.177. The van der Waals surface area contributed by atoms with Gasteiger partial charge in [0.2, 0.25) is 0 Å². The first-order valence-electron chi connectivity index (χ1n) is 4.71. The SMILES string of the molecule is Cn1c(-c2ccc(F)cc2)nc(Cl)c1CO. The third-order valence-electron chi connectivity index (χ3n) is 2.42. The molecule has 2 aromatic rings. The number of hydrogen-bond acceptors (Lipinski definition) is 2. The van der Waals surface area contributed by atoms with Crippen LogP contribution in [0.2, 0.25) is 5.15 Å². The molecular formula is C11H10ClFN2O. The van der Waals surface area contributed by atoms with E-state index in [0.717, 1.165) is 5.56 Å². The van der Waals surface area contributed by atoms with Crippen molar-refractivity contribution in [3.8, 4) is 11.4 Å². The van der Waals surface area contributed by atoms with Crippen molar-refractivity contribution < 1.29 is 9.50 Å². The second-order valence-corrected chi connectivity index (χ2v) is 3.75. The van der Waals surface area contributed by atoms with Crippen LogP contribution in [0.5, 0.6) is 0 Å². The van der Waals surface area contributed by atoms with Crippen LogP contribution in [0.3, 0.4) is 0 Å². The van der Waals surface area contributed by atoms with E-state index in [9.17, 15) is 4.39 Å². The highest BCUT2D eigenvalue weighted by Gasteiger charge is 2.13. The molecule has 0 saturated heterocycles. The number of aliphatic hydroxyl groups excluding tert-OH is 1. The van der Waals surface area contributed by atoms with Crippen molar-refractivity contribution >= 4 is 11.6 Å². The van der Waals surface area contributed by atoms with E-state index < -0.39 is 0 Å². The molecule has 0 unspecified atom stereocenters. The van der Waals surface area contributed by atoms with Crippen LogP contribution < -0.4 is 0 Å². The molecule has 1 N–H and O–H groups in total. The molecule has 2 rings (SSSR count). The Morgan fingerprint density at radius 3 is 2.50 bits per heavy atom. The van der Waals surface area contributed by atoms with Crippen molar-refractivity contribution in [1.82, 2.24) is 9.55 Å². The zero-order chi connectivity index (χ0) is 11.7. The Bertz CT molecular complexity index is 507. The van der Waals surface area contributed by atoms with Crippen LogP contribution in [0.4, 0.5) is 4.39 Å². The van der Waals surface area contributed by atoms with Crippen molar-refractivity contribution in [1.29, 1.82) is 0 Å². The molecule has 0 fully saturated rings. The number of aromatic nitrogens is 2. The Morgan fingerprint density at radius 1 is 1.38 bits per heavy atom. The van der Waals surface area contributed by atoms with E-state index in [4.69, 9.17) is 16.7 Å². The van der Waals surface area contributed by atoms with Gasteiger partial charge in [0, 0.05) is 12.6 Å². The number of benzene rings is 1. The highest BCUT2D eigenvalue weighted by atomic mass is 35.5. The summed E-state index contributed by atoms with van der Waals surface area (Å²) in [5.41, 5.74) is 1.30. The maximum Gasteiger partial charge on any atom is 0.153 e. The predicted molar refractivity (Wildman–Crippen MR) is 59.5 cm³/mol. The van der Waals surface area contributed by atoms with E-state index in [0.29, 0.717) is 11.5 Å². The molecule has 1 aromatic heterocycles. The molecule has 84 valence electrons. The van der Waals surface area contributed by atoms with Crippen LogP contribution in [-0.2, 0) is 13.7 Å². The van der Waals surface area contributed by atoms with Gasteiger partial charge in [0.15, 0.2) is 5.15 Å². The lowest BCUT2D eigenvalue weighted by atomic mass is 10.2. The van der Waals surface area contributed by atoms with Crippen LogP contribution in [-0.4, -0.2) is 14.7 Å². The van der Waals surface area contributed by atoms with Gasteiger partial charge in [-0.15, -0.1) is 0 Å². The zero-order valence-electron chi connectivity index (χ0n) is 8.61. The number of rotatable bonds is 2. The second-order valence-electron chi connectivity index (χ2n) is 3.40. The van der Waals surface area contributed by atoms with Gasteiger partial charge in [0.1, 0.15) is 11.6 Å². The van der Waals surface area contributed by atoms with Gasteiger partial charge in [-0.2, -0.15) is 0 Å². The Balaban J connectivity index is 2.52. The molecule has 0 aliphatic rings. The van der Waals surface area contributed by atoms with Crippen LogP contribution in [0.1, 0.15) is 5.69 Å². The molecule has 0 saturated carbocycles. The van der Waals surface area contributed by atoms with Crippen LogP contribution in [0, 0.1) is 5.82 Å². The maximum atomic E-state index is 12.8. The summed E-state index contributed by atoms with van der Waals surface area (Å²) in [4.78, 5) is 4.13. The lowest BCUT2D eigenvalue weighted by Crippen LogP contribution is -1.98. The fourth-order valence-electron chi connectivity index (χ4n) is 1.53. The number of hydrogen-bond donors (Lipinski definition) is 1. The zero-order valence-corrected chi connectivity index (χ0v) is 9.37. The van der Waals surface area contributed by atoms with E-state index in [2.05, 4.69) is 4.98 Å². The third-order valence-corrected chi connectivity index (χ3v) is 2.72. The topological polar surface area (TPSA) is 38.0 Å². The van der Waals surface area contributed by atoms with Crippen LogP contribution >= 0.6 is 11.6 Å². The minimum atomic E-state index is -0.300. The lowest BCUT2D eigenvalue weighted by molar-refractivity contribution is 0.273. The van der Waals surface area contributed by atoms with E-state index in [-0.39, 0.29) is 17.6 Å². The van der Waals surface area contributed by atoms with Gasteiger partial charge >= 0.3 is 0 Å². The molecule has 16 heavy (non-hydrogen) atoms. The Hall–Kier alpha value is -1.39. The molecule has 1 heterocycles. The predicted octanol–water partition coefficient (Wildman–Crippen LogP) is 2.37. The van der Waals surface area contributed by atoms with Crippen LogP contribution in [0.25, 0.3) is 11.4 Å². The molecule has 3 nitrogen and oxygen atoms in total. The van der Waals surface area contributed by atoms with E-state index in [1.54, 1.807) is 23.7 Å². The first kappa shape index (κ1) is 11.1. The van der Waals surface area contributed by atoms with E-state index in [1.165, 1.54) is 12.1 Å². The van der Waals surface area contributed by atoms with Crippen molar-refractivity contribution in [3.63, 3.8) is 0 Å². The summed E-state index contributed by atoms with van der Waals surface area (Å²) in [5.74, 6) is 0.306. The molecule has 0 aliphatic carbocycles. The summed E-state index contributed by atoms with van der Waals surface area (Å²) < 4.78 is 14.5. The normalized spacial score (nSPS) is 10.8. The molecule has 0 amide bonds. The summed E-state index contributed by atoms with van der Waals surface area (Å²) in [5, 5.41) is 9.37. The number of imidazole rings is 1. The summed E-state index contributed by atoms with van der Waals surface area (Å²) in [6, 6.07) is 5.96. The van der Waals surface area contributed by atoms with Gasteiger partial charge < -0.3 is 9.67 Å². The van der Waals surface area contributed by atoms with Gasteiger partial charge in [0.05, 0.1) is 12.3 Å². The van der Waals surface area contributed by atoms with E-state index >= 15 is 0 Å². The smallest absolute Gasteiger partial charge is 0.153 e. The van der Waals surface area contributed by atoms with Crippen molar-refractivity contribution in [3.05, 3.63) is 40.9 Å². The van der Waals surface area contributed by atoms with Crippen molar-refractivity contribution in [2.75, 3.05) is 0 Å². The summed E-state index contributed by atoms with van der Waals surface area (Å²) in [6.07, 6.45) is 0. The minimum Gasteiger partial charge on any atom is -0.390 e. The summed E-state index contributed by atoms with van der Waals surface area (Å²) in [7, 11) is 1.75. The van der Waals surface area contributed by atoms with Gasteiger partial charge in [-0.1, -0.05) is 11.6 Å². The van der Waals surface area contributed by atoms with Crippen molar-refractivity contribution in [2.24, 2.45) is 7.05 Å². The standard InChI is InChI=1S/C11H10ClFN2O/c1-15-9(6-16)10(12)14-11(15)7-2-4-8(13)5-3-7/h2-5,16H,6H2,1H3. The summed E-state index contributed by atoms with van der Waals surface area (Å²) in [6.45, 7) is -0.177. The Labute approximate surface area is 97.1 Å². The van der Waals surface area contributed by atoms with Gasteiger partial charge in [0.25, 0.3) is 0 Å². The third kappa shape index (κ3) is 1.81. The van der Waals surface area contributed by atoms with E-state index in [1.807, 2.05) is 0 Å². The molecule has 5 heteroatoms. The van der Waals surface area contributed by atoms with Crippen LogP contribution in [0.15, 0.2) is 24.3 Å². The molecule has 0 aliphatic heterocycles. The molecule has 0 radical (unpaired) electrons. The Morgan fingerprint density at radius 2 is 2.00 bits per heavy atom. The summed E-state index contributed by atoms with van der Waals surface area (Å²) >= 11 is 5.87. The lowest BCUT2D eigenvalue weighted by Gasteiger charge is -2.03. The number of nitrogens with zero attached hydrogens (tertiary/aromatic N) is 2. The second kappa shape index (κ2) is 4.23. The maximum absolute atomic E-state index is 12.8. The molecule has 0 spiro atoms. The molecule has 0 bridgehead atoms. The van der Waals surface area contributed by atoms with Gasteiger partial charge in [-0.3, -0.25) is 0 Å². The first-order chi connectivity index (χ1) is 7.63. The highest BCUT2D eigenvalue weighted by molar-refractivity contribution is 6.30. The average molecular weight is 241 g/mol. The molecule has 1 aromatic carbocycles. The first-order valence-corrected chi connectivity index (χ1v) is 5.09. The van der Waals surface area contributed by atoms with Crippen molar-refractivity contribution in [2.45, 2.75) is 6.61 Å². The number of aliphatic hydroxyl groups is 1. The fourth-order valence-corrected chi connectivity index (χ4v) is 1.79. The fraction of sp³-hybridized carbons (Fsp3) is 0.182. The Kier molecular flexibility index (Phi) is 2.94. The quantitative estimate of drug-likeness (QED) is 0.875. The molecular weight excluding hydrogens is 231 g/mol. The number of halogens is 2. The average Bonchev–Trinajstić information content (AvgIpc) is 2.55. The largest absolute Gasteiger partial charge is 0.390 e.